The van der Waals surface area contributed by atoms with Crippen LogP contribution in [0.5, 0.6) is 0 Å². The van der Waals surface area contributed by atoms with Crippen LogP contribution in [0.15, 0.2) is 36.7 Å². The van der Waals surface area contributed by atoms with Gasteiger partial charge in [0.25, 0.3) is 0 Å². The lowest BCUT2D eigenvalue weighted by molar-refractivity contribution is 0.214. The molecule has 1 aromatic carbocycles. The molecule has 1 fully saturated rings. The van der Waals surface area contributed by atoms with E-state index in [1.54, 1.807) is 0 Å². The van der Waals surface area contributed by atoms with Crippen LogP contribution < -0.4 is 10.2 Å². The fraction of sp³-hybridized carbons (Fsp3) is 0.450. The first-order valence-electron chi connectivity index (χ1n) is 9.06. The van der Waals surface area contributed by atoms with Crippen molar-refractivity contribution in [3.63, 3.8) is 0 Å². The van der Waals surface area contributed by atoms with Crippen molar-refractivity contribution in [2.24, 2.45) is 5.41 Å². The minimum atomic E-state index is 0.108. The van der Waals surface area contributed by atoms with Gasteiger partial charge in [-0.1, -0.05) is 6.07 Å². The van der Waals surface area contributed by atoms with E-state index in [1.165, 1.54) is 16.9 Å². The highest BCUT2D eigenvalue weighted by Gasteiger charge is 2.43. The normalized spacial score (nSPS) is 18.1. The van der Waals surface area contributed by atoms with Gasteiger partial charge in [0.2, 0.25) is 0 Å². The molecule has 2 aromatic rings. The number of hydrogen-bond donors (Lipinski definition) is 3. The number of H-pyrrole nitrogens is 1. The van der Waals surface area contributed by atoms with Crippen LogP contribution in [0.2, 0.25) is 0 Å². The third kappa shape index (κ3) is 3.16. The summed E-state index contributed by atoms with van der Waals surface area (Å²) < 4.78 is 0. The van der Waals surface area contributed by atoms with Crippen molar-refractivity contribution < 1.29 is 5.11 Å². The van der Waals surface area contributed by atoms with Crippen LogP contribution in [0.3, 0.4) is 0 Å². The molecule has 1 aliphatic heterocycles. The highest BCUT2D eigenvalue weighted by Crippen LogP contribution is 2.47. The molecule has 0 spiro atoms. The van der Waals surface area contributed by atoms with Gasteiger partial charge in [-0.2, -0.15) is 5.10 Å². The van der Waals surface area contributed by atoms with Crippen molar-refractivity contribution in [1.29, 1.82) is 0 Å². The minimum Gasteiger partial charge on any atom is -0.396 e. The highest BCUT2D eigenvalue weighted by molar-refractivity contribution is 5.83. The number of nitrogens with zero attached hydrogens (tertiary/aromatic N) is 2. The highest BCUT2D eigenvalue weighted by atomic mass is 16.3. The third-order valence-electron chi connectivity index (χ3n) is 5.24. The van der Waals surface area contributed by atoms with Crippen LogP contribution >= 0.6 is 0 Å². The molecule has 0 unspecified atom stereocenters. The van der Waals surface area contributed by atoms with Gasteiger partial charge in [0.15, 0.2) is 0 Å². The van der Waals surface area contributed by atoms with Gasteiger partial charge in [-0.15, -0.1) is 0 Å². The van der Waals surface area contributed by atoms with Gasteiger partial charge < -0.3 is 15.3 Å². The standard InChI is InChI=1S/C20H26N4O/c1-14(2)23-18-5-8-24(12-20(13-25)6-7-20)19-4-3-15(9-17(18)19)16-10-21-22-11-16/h3-5,9-11,14,23,25H,6-8,12-13H2,1-2H3,(H,21,22). The number of fused-ring (bicyclic) bond motifs is 1. The molecule has 0 bridgehead atoms. The molecule has 0 radical (unpaired) electrons. The molecule has 0 atom stereocenters. The minimum absolute atomic E-state index is 0.108. The van der Waals surface area contributed by atoms with Crippen LogP contribution in [-0.2, 0) is 0 Å². The van der Waals surface area contributed by atoms with Crippen molar-refractivity contribution in [2.75, 3.05) is 24.6 Å². The van der Waals surface area contributed by atoms with E-state index in [9.17, 15) is 5.11 Å². The van der Waals surface area contributed by atoms with Crippen LogP contribution in [0.4, 0.5) is 5.69 Å². The summed E-state index contributed by atoms with van der Waals surface area (Å²) in [5.74, 6) is 0. The van der Waals surface area contributed by atoms with Gasteiger partial charge in [-0.25, -0.2) is 0 Å². The molecule has 3 N–H and O–H groups in total. The van der Waals surface area contributed by atoms with E-state index < -0.39 is 0 Å². The molecule has 2 aliphatic rings. The molecular weight excluding hydrogens is 312 g/mol. The Balaban J connectivity index is 1.70. The molecule has 1 saturated carbocycles. The Kier molecular flexibility index (Phi) is 4.04. The van der Waals surface area contributed by atoms with Gasteiger partial charge in [0, 0.05) is 53.3 Å². The number of aliphatic hydroxyl groups is 1. The Labute approximate surface area is 148 Å². The quantitative estimate of drug-likeness (QED) is 0.758. The van der Waals surface area contributed by atoms with Gasteiger partial charge in [-0.05, 0) is 50.5 Å². The lowest BCUT2D eigenvalue weighted by atomic mass is 9.97. The van der Waals surface area contributed by atoms with E-state index in [0.29, 0.717) is 6.04 Å². The molecule has 5 heteroatoms. The topological polar surface area (TPSA) is 64.2 Å². The van der Waals surface area contributed by atoms with E-state index >= 15 is 0 Å². The Morgan fingerprint density at radius 2 is 2.16 bits per heavy atom. The first-order valence-corrected chi connectivity index (χ1v) is 9.06. The average Bonchev–Trinajstić information content (AvgIpc) is 3.16. The Morgan fingerprint density at radius 1 is 1.32 bits per heavy atom. The lowest BCUT2D eigenvalue weighted by Gasteiger charge is -2.34. The Bertz CT molecular complexity index is 775. The van der Waals surface area contributed by atoms with Crippen LogP contribution in [0.1, 0.15) is 32.3 Å². The zero-order valence-corrected chi connectivity index (χ0v) is 14.9. The molecule has 5 nitrogen and oxygen atoms in total. The predicted molar refractivity (Wildman–Crippen MR) is 101 cm³/mol. The van der Waals surface area contributed by atoms with E-state index in [2.05, 4.69) is 58.5 Å². The van der Waals surface area contributed by atoms with E-state index in [-0.39, 0.29) is 12.0 Å². The fourth-order valence-corrected chi connectivity index (χ4v) is 3.57. The molecule has 0 amide bonds. The molecule has 132 valence electrons. The number of aliphatic hydroxyl groups excluding tert-OH is 1. The maximum Gasteiger partial charge on any atom is 0.0565 e. The molecule has 25 heavy (non-hydrogen) atoms. The summed E-state index contributed by atoms with van der Waals surface area (Å²) >= 11 is 0. The van der Waals surface area contributed by atoms with E-state index in [4.69, 9.17) is 0 Å². The van der Waals surface area contributed by atoms with Crippen molar-refractivity contribution >= 4 is 11.4 Å². The lowest BCUT2D eigenvalue weighted by Crippen LogP contribution is -2.36. The molecular formula is C20H26N4O. The third-order valence-corrected chi connectivity index (χ3v) is 5.24. The van der Waals surface area contributed by atoms with Gasteiger partial charge in [0.1, 0.15) is 0 Å². The fourth-order valence-electron chi connectivity index (χ4n) is 3.57. The zero-order chi connectivity index (χ0) is 17.4. The molecule has 1 aromatic heterocycles. The summed E-state index contributed by atoms with van der Waals surface area (Å²) in [5.41, 5.74) is 6.04. The Morgan fingerprint density at radius 3 is 2.80 bits per heavy atom. The molecule has 4 rings (SSSR count). The Hall–Kier alpha value is -2.27. The maximum absolute atomic E-state index is 9.71. The first kappa shape index (κ1) is 16.2. The van der Waals surface area contributed by atoms with E-state index in [0.717, 1.165) is 37.1 Å². The smallest absolute Gasteiger partial charge is 0.0565 e. The van der Waals surface area contributed by atoms with Crippen molar-refractivity contribution in [3.8, 4) is 11.1 Å². The SMILES string of the molecule is CC(C)NC1=CCN(CC2(CO)CC2)c2ccc(-c3cn[nH]c3)cc21. The molecule has 2 heterocycles. The number of hydrogen-bond acceptors (Lipinski definition) is 4. The average molecular weight is 338 g/mol. The number of aromatic amines is 1. The van der Waals surface area contributed by atoms with Crippen molar-refractivity contribution in [2.45, 2.75) is 32.7 Å². The van der Waals surface area contributed by atoms with Crippen LogP contribution in [0, 0.1) is 5.41 Å². The molecule has 0 saturated heterocycles. The summed E-state index contributed by atoms with van der Waals surface area (Å²) in [5, 5.41) is 20.3. The van der Waals surface area contributed by atoms with Crippen LogP contribution in [-0.4, -0.2) is 41.0 Å². The number of benzene rings is 1. The monoisotopic (exact) mass is 338 g/mol. The van der Waals surface area contributed by atoms with E-state index in [1.807, 2.05) is 12.4 Å². The zero-order valence-electron chi connectivity index (χ0n) is 14.9. The number of anilines is 1. The number of nitrogens with one attached hydrogen (secondary N) is 2. The van der Waals surface area contributed by atoms with Crippen molar-refractivity contribution in [1.82, 2.24) is 15.5 Å². The van der Waals surface area contributed by atoms with Gasteiger partial charge in [0.05, 0.1) is 12.8 Å². The van der Waals surface area contributed by atoms with Gasteiger partial charge in [-0.3, -0.25) is 5.10 Å². The molecule has 1 aliphatic carbocycles. The second-order valence-corrected chi connectivity index (χ2v) is 7.67. The van der Waals surface area contributed by atoms with Gasteiger partial charge >= 0.3 is 0 Å². The largest absolute Gasteiger partial charge is 0.396 e. The summed E-state index contributed by atoms with van der Waals surface area (Å²) in [7, 11) is 0. The summed E-state index contributed by atoms with van der Waals surface area (Å²) in [4.78, 5) is 2.41. The summed E-state index contributed by atoms with van der Waals surface area (Å²) in [6.45, 7) is 6.42. The number of rotatable bonds is 6. The number of aromatic nitrogens is 2. The second-order valence-electron chi connectivity index (χ2n) is 7.67. The predicted octanol–water partition coefficient (Wildman–Crippen LogP) is 3.01. The van der Waals surface area contributed by atoms with Crippen molar-refractivity contribution in [3.05, 3.63) is 42.2 Å². The summed E-state index contributed by atoms with van der Waals surface area (Å²) in [6.07, 6.45) is 8.31. The summed E-state index contributed by atoms with van der Waals surface area (Å²) in [6, 6.07) is 7.00. The second kappa shape index (κ2) is 6.23. The maximum atomic E-state index is 9.71. The first-order chi connectivity index (χ1) is 12.1. The van der Waals surface area contributed by atoms with Crippen LogP contribution in [0.25, 0.3) is 16.8 Å².